The van der Waals surface area contributed by atoms with Crippen molar-refractivity contribution < 1.29 is 14.6 Å². The van der Waals surface area contributed by atoms with E-state index in [4.69, 9.17) is 9.47 Å². The highest BCUT2D eigenvalue weighted by atomic mass is 16.5. The molecule has 4 nitrogen and oxygen atoms in total. The molecule has 0 aliphatic carbocycles. The minimum absolute atomic E-state index is 0.521. The van der Waals surface area contributed by atoms with Crippen molar-refractivity contribution in [3.8, 4) is 11.6 Å². The normalized spacial score (nSPS) is 12.0. The van der Waals surface area contributed by atoms with Crippen LogP contribution in [-0.2, 0) is 0 Å². The van der Waals surface area contributed by atoms with Crippen LogP contribution in [0.4, 0.5) is 0 Å². The van der Waals surface area contributed by atoms with Gasteiger partial charge in [0.2, 0.25) is 5.88 Å². The number of benzene rings is 1. The number of aliphatic hydroxyl groups is 1. The number of methoxy groups -OCH3 is 2. The molecule has 0 radical (unpaired) electrons. The second kappa shape index (κ2) is 5.71. The van der Waals surface area contributed by atoms with E-state index in [1.54, 1.807) is 32.5 Å². The van der Waals surface area contributed by atoms with Crippen molar-refractivity contribution in [3.63, 3.8) is 0 Å². The Balaban J connectivity index is 2.36. The predicted octanol–water partition coefficient (Wildman–Crippen LogP) is 2.49. The standard InChI is InChI=1S/C15H17NO3/c1-10-4-6-13(18-2)12(8-10)15(17)11-5-7-14(19-3)16-9-11/h4-9,15,17H,1-3H3. The van der Waals surface area contributed by atoms with Crippen molar-refractivity contribution in [2.75, 3.05) is 14.2 Å². The minimum Gasteiger partial charge on any atom is -0.496 e. The summed E-state index contributed by atoms with van der Waals surface area (Å²) >= 11 is 0. The summed E-state index contributed by atoms with van der Waals surface area (Å²) in [6.07, 6.45) is 0.832. The molecule has 2 rings (SSSR count). The number of pyridine rings is 1. The Morgan fingerprint density at radius 3 is 2.47 bits per heavy atom. The van der Waals surface area contributed by atoms with Crippen LogP contribution in [0.5, 0.6) is 11.6 Å². The second-order valence-electron chi connectivity index (χ2n) is 4.28. The lowest BCUT2D eigenvalue weighted by atomic mass is 10.0. The van der Waals surface area contributed by atoms with Crippen LogP contribution in [0, 0.1) is 6.92 Å². The first-order valence-electron chi connectivity index (χ1n) is 5.98. The summed E-state index contributed by atoms with van der Waals surface area (Å²) in [4.78, 5) is 4.10. The van der Waals surface area contributed by atoms with Gasteiger partial charge < -0.3 is 14.6 Å². The Bertz CT molecular complexity index is 552. The lowest BCUT2D eigenvalue weighted by Gasteiger charge is -2.15. The molecule has 1 heterocycles. The lowest BCUT2D eigenvalue weighted by molar-refractivity contribution is 0.214. The van der Waals surface area contributed by atoms with Crippen LogP contribution >= 0.6 is 0 Å². The zero-order chi connectivity index (χ0) is 13.8. The molecule has 1 aromatic heterocycles. The largest absolute Gasteiger partial charge is 0.496 e. The molecule has 1 aromatic carbocycles. The molecular formula is C15H17NO3. The van der Waals surface area contributed by atoms with Crippen molar-refractivity contribution in [1.29, 1.82) is 0 Å². The third-order valence-electron chi connectivity index (χ3n) is 2.96. The maximum absolute atomic E-state index is 10.4. The Labute approximate surface area is 112 Å². The third kappa shape index (κ3) is 2.85. The van der Waals surface area contributed by atoms with Gasteiger partial charge in [-0.2, -0.15) is 0 Å². The molecule has 1 atom stereocenters. The summed E-state index contributed by atoms with van der Waals surface area (Å²) in [5.74, 6) is 1.18. The van der Waals surface area contributed by atoms with E-state index >= 15 is 0 Å². The average Bonchev–Trinajstić information content (AvgIpc) is 2.46. The van der Waals surface area contributed by atoms with Crippen LogP contribution in [0.15, 0.2) is 36.5 Å². The van der Waals surface area contributed by atoms with Crippen LogP contribution in [0.25, 0.3) is 0 Å². The Hall–Kier alpha value is -2.07. The summed E-state index contributed by atoms with van der Waals surface area (Å²) in [7, 11) is 3.15. The molecule has 1 unspecified atom stereocenters. The van der Waals surface area contributed by atoms with E-state index in [1.807, 2.05) is 25.1 Å². The summed E-state index contributed by atoms with van der Waals surface area (Å²) in [5.41, 5.74) is 2.50. The first kappa shape index (κ1) is 13.4. The van der Waals surface area contributed by atoms with Gasteiger partial charge in [-0.3, -0.25) is 0 Å². The van der Waals surface area contributed by atoms with Crippen molar-refractivity contribution in [3.05, 3.63) is 53.2 Å². The molecule has 0 aliphatic rings. The molecule has 0 bridgehead atoms. The van der Waals surface area contributed by atoms with Crippen molar-refractivity contribution >= 4 is 0 Å². The number of ether oxygens (including phenoxy) is 2. The van der Waals surface area contributed by atoms with Crippen LogP contribution in [-0.4, -0.2) is 24.3 Å². The molecule has 0 fully saturated rings. The number of aryl methyl sites for hydroxylation is 1. The molecule has 0 aliphatic heterocycles. The van der Waals surface area contributed by atoms with E-state index in [1.165, 1.54) is 0 Å². The Morgan fingerprint density at radius 2 is 1.89 bits per heavy atom. The smallest absolute Gasteiger partial charge is 0.212 e. The van der Waals surface area contributed by atoms with Crippen LogP contribution in [0.3, 0.4) is 0 Å². The van der Waals surface area contributed by atoms with Crippen molar-refractivity contribution in [2.24, 2.45) is 0 Å². The topological polar surface area (TPSA) is 51.6 Å². The summed E-state index contributed by atoms with van der Waals surface area (Å²) in [5, 5.41) is 10.4. The van der Waals surface area contributed by atoms with Crippen LogP contribution in [0.1, 0.15) is 22.8 Å². The molecule has 0 saturated heterocycles. The van der Waals surface area contributed by atoms with Gasteiger partial charge >= 0.3 is 0 Å². The molecule has 19 heavy (non-hydrogen) atoms. The zero-order valence-corrected chi connectivity index (χ0v) is 11.3. The SMILES string of the molecule is COc1ccc(C(O)c2cc(C)ccc2OC)cn1. The number of aliphatic hydroxyl groups excluding tert-OH is 1. The van der Waals surface area contributed by atoms with Gasteiger partial charge in [0, 0.05) is 23.4 Å². The van der Waals surface area contributed by atoms with Crippen molar-refractivity contribution in [2.45, 2.75) is 13.0 Å². The molecule has 4 heteroatoms. The van der Waals surface area contributed by atoms with Crippen LogP contribution in [0.2, 0.25) is 0 Å². The van der Waals surface area contributed by atoms with E-state index in [0.717, 1.165) is 11.1 Å². The molecular weight excluding hydrogens is 242 g/mol. The van der Waals surface area contributed by atoms with Gasteiger partial charge in [-0.25, -0.2) is 4.98 Å². The third-order valence-corrected chi connectivity index (χ3v) is 2.96. The van der Waals surface area contributed by atoms with Gasteiger partial charge in [0.1, 0.15) is 11.9 Å². The number of aromatic nitrogens is 1. The lowest BCUT2D eigenvalue weighted by Crippen LogP contribution is -2.03. The van der Waals surface area contributed by atoms with Gasteiger partial charge in [0.25, 0.3) is 0 Å². The number of nitrogens with zero attached hydrogens (tertiary/aromatic N) is 1. The first-order chi connectivity index (χ1) is 9.15. The second-order valence-corrected chi connectivity index (χ2v) is 4.28. The average molecular weight is 259 g/mol. The van der Waals surface area contributed by atoms with E-state index < -0.39 is 6.10 Å². The fourth-order valence-corrected chi connectivity index (χ4v) is 1.92. The highest BCUT2D eigenvalue weighted by molar-refractivity contribution is 5.42. The van der Waals surface area contributed by atoms with E-state index in [0.29, 0.717) is 17.2 Å². The zero-order valence-electron chi connectivity index (χ0n) is 11.3. The molecule has 100 valence electrons. The monoisotopic (exact) mass is 259 g/mol. The number of hydrogen-bond acceptors (Lipinski definition) is 4. The summed E-state index contributed by atoms with van der Waals surface area (Å²) < 4.78 is 10.3. The fourth-order valence-electron chi connectivity index (χ4n) is 1.92. The fraction of sp³-hybridized carbons (Fsp3) is 0.267. The molecule has 0 amide bonds. The van der Waals surface area contributed by atoms with Gasteiger partial charge in [0.15, 0.2) is 0 Å². The highest BCUT2D eigenvalue weighted by Crippen LogP contribution is 2.30. The maximum atomic E-state index is 10.4. The molecule has 2 aromatic rings. The predicted molar refractivity (Wildman–Crippen MR) is 72.6 cm³/mol. The Morgan fingerprint density at radius 1 is 1.11 bits per heavy atom. The number of hydrogen-bond donors (Lipinski definition) is 1. The number of rotatable bonds is 4. The van der Waals surface area contributed by atoms with E-state index in [-0.39, 0.29) is 0 Å². The van der Waals surface area contributed by atoms with E-state index in [9.17, 15) is 5.11 Å². The summed E-state index contributed by atoms with van der Waals surface area (Å²) in [6.45, 7) is 1.97. The molecule has 0 spiro atoms. The van der Waals surface area contributed by atoms with Gasteiger partial charge in [-0.15, -0.1) is 0 Å². The molecule has 0 saturated carbocycles. The minimum atomic E-state index is -0.770. The van der Waals surface area contributed by atoms with E-state index in [2.05, 4.69) is 4.98 Å². The summed E-state index contributed by atoms with van der Waals surface area (Å²) in [6, 6.07) is 9.22. The maximum Gasteiger partial charge on any atom is 0.212 e. The highest BCUT2D eigenvalue weighted by Gasteiger charge is 2.16. The molecule has 1 N–H and O–H groups in total. The first-order valence-corrected chi connectivity index (χ1v) is 5.98. The van der Waals surface area contributed by atoms with Crippen LogP contribution < -0.4 is 9.47 Å². The Kier molecular flexibility index (Phi) is 4.02. The van der Waals surface area contributed by atoms with Gasteiger partial charge in [-0.1, -0.05) is 11.6 Å². The quantitative estimate of drug-likeness (QED) is 0.916. The van der Waals surface area contributed by atoms with Gasteiger partial charge in [-0.05, 0) is 25.1 Å². The van der Waals surface area contributed by atoms with Crippen molar-refractivity contribution in [1.82, 2.24) is 4.98 Å². The van der Waals surface area contributed by atoms with Gasteiger partial charge in [0.05, 0.1) is 14.2 Å².